The van der Waals surface area contributed by atoms with Gasteiger partial charge in [-0.15, -0.1) is 0 Å². The second-order valence-corrected chi connectivity index (χ2v) is 6.03. The molecule has 1 aromatic rings. The van der Waals surface area contributed by atoms with E-state index in [1.54, 1.807) is 6.92 Å². The number of amides is 2. The zero-order valence-electron chi connectivity index (χ0n) is 13.8. The van der Waals surface area contributed by atoms with Crippen LogP contribution in [0.15, 0.2) is 18.2 Å². The van der Waals surface area contributed by atoms with Crippen molar-refractivity contribution in [1.82, 2.24) is 9.80 Å². The Kier molecular flexibility index (Phi) is 5.19. The first-order valence-electron chi connectivity index (χ1n) is 7.76. The van der Waals surface area contributed by atoms with Crippen molar-refractivity contribution in [3.8, 4) is 0 Å². The van der Waals surface area contributed by atoms with Crippen LogP contribution in [0.1, 0.15) is 25.0 Å². The zero-order chi connectivity index (χ0) is 16.3. The van der Waals surface area contributed by atoms with E-state index in [0.29, 0.717) is 13.1 Å². The second kappa shape index (κ2) is 6.92. The highest BCUT2D eigenvalue weighted by molar-refractivity contribution is 5.95. The standard InChI is InChI=1S/C17H25N3O2/c1-12-5-6-16(13(2)11-12)18-17(22)14(3)19-7-9-20(10-8-19)15(4)21/h5-6,11,14H,7-10H2,1-4H3,(H,18,22)/t14-/m1/s1. The normalized spacial score (nSPS) is 17.2. The van der Waals surface area contributed by atoms with Gasteiger partial charge in [0.1, 0.15) is 0 Å². The zero-order valence-corrected chi connectivity index (χ0v) is 13.8. The van der Waals surface area contributed by atoms with E-state index in [9.17, 15) is 9.59 Å². The number of hydrogen-bond donors (Lipinski definition) is 1. The Hall–Kier alpha value is -1.88. The molecule has 0 unspecified atom stereocenters. The minimum Gasteiger partial charge on any atom is -0.340 e. The van der Waals surface area contributed by atoms with E-state index in [2.05, 4.69) is 16.3 Å². The Morgan fingerprint density at radius 3 is 2.32 bits per heavy atom. The molecule has 1 aliphatic heterocycles. The maximum absolute atomic E-state index is 12.4. The summed E-state index contributed by atoms with van der Waals surface area (Å²) in [6, 6.07) is 5.81. The van der Waals surface area contributed by atoms with Crippen LogP contribution in [0, 0.1) is 13.8 Å². The summed E-state index contributed by atoms with van der Waals surface area (Å²) < 4.78 is 0. The van der Waals surface area contributed by atoms with Crippen LogP contribution in [0.3, 0.4) is 0 Å². The lowest BCUT2D eigenvalue weighted by atomic mass is 10.1. The molecule has 120 valence electrons. The highest BCUT2D eigenvalue weighted by Crippen LogP contribution is 2.17. The number of aryl methyl sites for hydroxylation is 2. The van der Waals surface area contributed by atoms with Gasteiger partial charge in [-0.2, -0.15) is 0 Å². The van der Waals surface area contributed by atoms with Crippen molar-refractivity contribution in [1.29, 1.82) is 0 Å². The van der Waals surface area contributed by atoms with Gasteiger partial charge in [-0.25, -0.2) is 0 Å². The van der Waals surface area contributed by atoms with Gasteiger partial charge in [-0.3, -0.25) is 14.5 Å². The van der Waals surface area contributed by atoms with Gasteiger partial charge >= 0.3 is 0 Å². The largest absolute Gasteiger partial charge is 0.340 e. The lowest BCUT2D eigenvalue weighted by Gasteiger charge is -2.37. The number of anilines is 1. The number of carbonyl (C=O) groups excluding carboxylic acids is 2. The molecule has 0 bridgehead atoms. The van der Waals surface area contributed by atoms with Crippen molar-refractivity contribution in [3.63, 3.8) is 0 Å². The van der Waals surface area contributed by atoms with Crippen molar-refractivity contribution in [2.24, 2.45) is 0 Å². The van der Waals surface area contributed by atoms with Gasteiger partial charge in [0.15, 0.2) is 0 Å². The molecule has 1 aromatic carbocycles. The lowest BCUT2D eigenvalue weighted by Crippen LogP contribution is -2.53. The molecule has 0 aliphatic carbocycles. The number of nitrogens with zero attached hydrogens (tertiary/aromatic N) is 2. The van der Waals surface area contributed by atoms with Crippen LogP contribution in [-0.4, -0.2) is 53.8 Å². The van der Waals surface area contributed by atoms with E-state index >= 15 is 0 Å². The van der Waals surface area contributed by atoms with Crippen LogP contribution in [0.25, 0.3) is 0 Å². The molecule has 1 aliphatic rings. The van der Waals surface area contributed by atoms with Gasteiger partial charge in [0.05, 0.1) is 6.04 Å². The van der Waals surface area contributed by atoms with Gasteiger partial charge in [-0.1, -0.05) is 17.7 Å². The summed E-state index contributed by atoms with van der Waals surface area (Å²) in [6.45, 7) is 10.4. The van der Waals surface area contributed by atoms with E-state index < -0.39 is 0 Å². The number of piperazine rings is 1. The smallest absolute Gasteiger partial charge is 0.241 e. The Bertz CT molecular complexity index is 563. The third-order valence-corrected chi connectivity index (χ3v) is 4.33. The highest BCUT2D eigenvalue weighted by atomic mass is 16.2. The number of carbonyl (C=O) groups is 2. The maximum atomic E-state index is 12.4. The minimum atomic E-state index is -0.199. The fourth-order valence-electron chi connectivity index (χ4n) is 2.78. The molecule has 1 N–H and O–H groups in total. The molecule has 0 saturated carbocycles. The number of benzene rings is 1. The van der Waals surface area contributed by atoms with Gasteiger partial charge in [-0.05, 0) is 32.4 Å². The van der Waals surface area contributed by atoms with Crippen LogP contribution < -0.4 is 5.32 Å². The van der Waals surface area contributed by atoms with E-state index in [-0.39, 0.29) is 17.9 Å². The van der Waals surface area contributed by atoms with E-state index in [4.69, 9.17) is 0 Å². The van der Waals surface area contributed by atoms with Gasteiger partial charge in [0, 0.05) is 38.8 Å². The van der Waals surface area contributed by atoms with Gasteiger partial charge in [0.2, 0.25) is 11.8 Å². The quantitative estimate of drug-likeness (QED) is 0.926. The molecule has 1 saturated heterocycles. The molecule has 1 fully saturated rings. The molecule has 2 rings (SSSR count). The van der Waals surface area contributed by atoms with Crippen molar-refractivity contribution in [2.75, 3.05) is 31.5 Å². The molecule has 1 heterocycles. The highest BCUT2D eigenvalue weighted by Gasteiger charge is 2.26. The summed E-state index contributed by atoms with van der Waals surface area (Å²) in [5.74, 6) is 0.107. The summed E-state index contributed by atoms with van der Waals surface area (Å²) in [7, 11) is 0. The second-order valence-electron chi connectivity index (χ2n) is 6.03. The average molecular weight is 303 g/mol. The molecule has 0 spiro atoms. The first kappa shape index (κ1) is 16.5. The Balaban J connectivity index is 1.94. The van der Waals surface area contributed by atoms with E-state index in [1.165, 1.54) is 5.56 Å². The summed E-state index contributed by atoms with van der Waals surface area (Å²) >= 11 is 0. The number of nitrogens with one attached hydrogen (secondary N) is 1. The van der Waals surface area contributed by atoms with E-state index in [1.807, 2.05) is 37.8 Å². The molecule has 5 heteroatoms. The van der Waals surface area contributed by atoms with Crippen molar-refractivity contribution >= 4 is 17.5 Å². The Morgan fingerprint density at radius 2 is 1.77 bits per heavy atom. The maximum Gasteiger partial charge on any atom is 0.241 e. The van der Waals surface area contributed by atoms with Gasteiger partial charge in [0.25, 0.3) is 0 Å². The summed E-state index contributed by atoms with van der Waals surface area (Å²) in [5.41, 5.74) is 3.12. The number of hydrogen-bond acceptors (Lipinski definition) is 3. The summed E-state index contributed by atoms with van der Waals surface area (Å²) in [6.07, 6.45) is 0. The van der Waals surface area contributed by atoms with E-state index in [0.717, 1.165) is 24.3 Å². The topological polar surface area (TPSA) is 52.7 Å². The van der Waals surface area contributed by atoms with Gasteiger partial charge < -0.3 is 10.2 Å². The molecule has 0 aromatic heterocycles. The lowest BCUT2D eigenvalue weighted by molar-refractivity contribution is -0.131. The van der Waals surface area contributed by atoms with Crippen molar-refractivity contribution in [3.05, 3.63) is 29.3 Å². The predicted molar refractivity (Wildman–Crippen MR) is 87.8 cm³/mol. The van der Waals surface area contributed by atoms with Crippen LogP contribution in [0.2, 0.25) is 0 Å². The molecule has 1 atom stereocenters. The van der Waals surface area contributed by atoms with Crippen molar-refractivity contribution in [2.45, 2.75) is 33.7 Å². The predicted octanol–water partition coefficient (Wildman–Crippen LogP) is 1.79. The fraction of sp³-hybridized carbons (Fsp3) is 0.529. The minimum absolute atomic E-state index is 0.00299. The average Bonchev–Trinajstić information content (AvgIpc) is 2.49. The summed E-state index contributed by atoms with van der Waals surface area (Å²) in [4.78, 5) is 27.7. The summed E-state index contributed by atoms with van der Waals surface area (Å²) in [5, 5.41) is 3.01. The third kappa shape index (κ3) is 3.85. The molecular formula is C17H25N3O2. The molecule has 2 amide bonds. The first-order valence-corrected chi connectivity index (χ1v) is 7.76. The van der Waals surface area contributed by atoms with Crippen LogP contribution in [-0.2, 0) is 9.59 Å². The van der Waals surface area contributed by atoms with Crippen LogP contribution >= 0.6 is 0 Å². The Morgan fingerprint density at radius 1 is 1.14 bits per heavy atom. The monoisotopic (exact) mass is 303 g/mol. The number of rotatable bonds is 3. The molecule has 22 heavy (non-hydrogen) atoms. The molecular weight excluding hydrogens is 278 g/mol. The van der Waals surface area contributed by atoms with Crippen LogP contribution in [0.5, 0.6) is 0 Å². The SMILES string of the molecule is CC(=O)N1CCN([C@H](C)C(=O)Nc2ccc(C)cc2C)CC1. The Labute approximate surface area is 132 Å². The third-order valence-electron chi connectivity index (χ3n) is 4.33. The molecule has 0 radical (unpaired) electrons. The molecule has 5 nitrogen and oxygen atoms in total. The van der Waals surface area contributed by atoms with Crippen molar-refractivity contribution < 1.29 is 9.59 Å². The fourth-order valence-corrected chi connectivity index (χ4v) is 2.78. The van der Waals surface area contributed by atoms with Crippen LogP contribution in [0.4, 0.5) is 5.69 Å². The first-order chi connectivity index (χ1) is 10.4.